The molecule has 209 valence electrons. The number of fused-ring (bicyclic) bond motifs is 1. The maximum Gasteiger partial charge on any atom is 0.312 e. The molecular weight excluding hydrogens is 518 g/mol. The third-order valence-electron chi connectivity index (χ3n) is 7.28. The van der Waals surface area contributed by atoms with Gasteiger partial charge in [0.15, 0.2) is 0 Å². The monoisotopic (exact) mass is 556 g/mol. The van der Waals surface area contributed by atoms with Crippen LogP contribution < -0.4 is 5.32 Å². The van der Waals surface area contributed by atoms with E-state index < -0.39 is 31.9 Å². The molecule has 4 aromatic rings. The molecule has 0 aliphatic rings. The Bertz CT molecular complexity index is 1410. The van der Waals surface area contributed by atoms with Crippen molar-refractivity contribution in [2.24, 2.45) is 10.8 Å². The Kier molecular flexibility index (Phi) is 8.96. The fraction of sp³-hybridized carbons (Fsp3) is 0.333. The average Bonchev–Trinajstić information content (AvgIpc) is 3.36. The van der Waals surface area contributed by atoms with Gasteiger partial charge >= 0.3 is 5.97 Å². The zero-order chi connectivity index (χ0) is 28.9. The van der Waals surface area contributed by atoms with Gasteiger partial charge in [-0.2, -0.15) is 0 Å². The lowest BCUT2D eigenvalue weighted by Gasteiger charge is -2.39. The topological polar surface area (TPSA) is 88.8 Å². The highest BCUT2D eigenvalue weighted by Crippen LogP contribution is 2.36. The highest BCUT2D eigenvalue weighted by molar-refractivity contribution is 6.48. The quantitative estimate of drug-likeness (QED) is 0.191. The summed E-state index contributed by atoms with van der Waals surface area (Å²) in [5, 5.41) is 14.8. The lowest BCUT2D eigenvalue weighted by Crippen LogP contribution is -2.51. The Morgan fingerprint density at radius 1 is 0.950 bits per heavy atom. The molecule has 0 unspecified atom stereocenters. The summed E-state index contributed by atoms with van der Waals surface area (Å²) in [7, 11) is -1.12. The number of hydrogen-bond donors (Lipinski definition) is 2. The second kappa shape index (κ2) is 12.2. The molecule has 0 spiro atoms. The summed E-state index contributed by atoms with van der Waals surface area (Å²) in [5.74, 6) is -0.425. The molecule has 0 aliphatic carbocycles. The summed E-state index contributed by atoms with van der Waals surface area (Å²) < 4.78 is 12.0. The number of para-hydroxylation sites is 1. The van der Waals surface area contributed by atoms with E-state index in [0.29, 0.717) is 12.0 Å². The number of carbonyl (C=O) groups excluding carboxylic acids is 1. The van der Waals surface area contributed by atoms with Crippen LogP contribution in [0.1, 0.15) is 43.1 Å². The van der Waals surface area contributed by atoms with Gasteiger partial charge in [-0.3, -0.25) is 9.59 Å². The Hall–Kier alpha value is -3.68. The van der Waals surface area contributed by atoms with Crippen molar-refractivity contribution in [1.82, 2.24) is 5.32 Å². The van der Waals surface area contributed by atoms with Crippen molar-refractivity contribution in [3.05, 3.63) is 96.1 Å². The summed E-state index contributed by atoms with van der Waals surface area (Å²) >= 11 is 0. The van der Waals surface area contributed by atoms with Crippen molar-refractivity contribution in [3.63, 3.8) is 0 Å². The summed E-state index contributed by atoms with van der Waals surface area (Å²) in [6, 6.07) is 26.3. The maximum atomic E-state index is 13.5. The lowest BCUT2D eigenvalue weighted by atomic mass is 9.71. The summed E-state index contributed by atoms with van der Waals surface area (Å²) in [6.07, 6.45) is 0.547. The maximum absolute atomic E-state index is 13.5. The molecule has 3 aromatic carbocycles. The largest absolute Gasteiger partial charge is 0.481 e. The van der Waals surface area contributed by atoms with Crippen LogP contribution >= 0.6 is 0 Å². The first kappa shape index (κ1) is 29.3. The standard InChI is InChI=1S/C33H38NO5Si/c1-32(2,3)29(21-33(31(36)37,22-38-40(4)5)20-23-11-7-6-8-12-23)34-30(35)25-17-15-24(16-18-25)28-19-26-13-9-10-14-27(26)39-28/h6-19,29H,20-22H2,1-5H3,(H,34,35)(H,36,37)/t29-,33+/m0/s1. The second-order valence-corrected chi connectivity index (χ2v) is 13.9. The number of benzene rings is 3. The molecule has 2 N–H and O–H groups in total. The van der Waals surface area contributed by atoms with E-state index in [-0.39, 0.29) is 18.9 Å². The molecule has 0 aliphatic heterocycles. The number of carboxylic acid groups (broad SMARTS) is 1. The molecule has 1 amide bonds. The molecule has 0 bridgehead atoms. The molecule has 0 saturated heterocycles. The SMILES string of the molecule is C[Si](C)OC[C@@](Cc1ccccc1)(C[C@H](NC(=O)c1ccc(-c2cc3ccccc3o2)cc1)C(C)(C)C)C(=O)O. The Labute approximate surface area is 238 Å². The number of furan rings is 1. The third kappa shape index (κ3) is 7.09. The van der Waals surface area contributed by atoms with Crippen molar-refractivity contribution in [3.8, 4) is 11.3 Å². The summed E-state index contributed by atoms with van der Waals surface area (Å²) in [6.45, 7) is 10.2. The van der Waals surface area contributed by atoms with Gasteiger partial charge in [0.1, 0.15) is 11.3 Å². The number of amides is 1. The molecular formula is C33H38NO5Si. The van der Waals surface area contributed by atoms with Crippen LogP contribution in [-0.4, -0.2) is 38.7 Å². The molecule has 1 radical (unpaired) electrons. The summed E-state index contributed by atoms with van der Waals surface area (Å²) in [5.41, 5.74) is 1.53. The van der Waals surface area contributed by atoms with Crippen LogP contribution in [-0.2, 0) is 15.6 Å². The number of nitrogens with one attached hydrogen (secondary N) is 1. The van der Waals surface area contributed by atoms with Crippen LogP contribution in [0.5, 0.6) is 0 Å². The van der Waals surface area contributed by atoms with Gasteiger partial charge in [0, 0.05) is 22.6 Å². The number of rotatable bonds is 11. The molecule has 0 fully saturated rings. The van der Waals surface area contributed by atoms with Gasteiger partial charge in [0.25, 0.3) is 5.91 Å². The first-order valence-electron chi connectivity index (χ1n) is 13.6. The van der Waals surface area contributed by atoms with E-state index >= 15 is 0 Å². The minimum atomic E-state index is -1.19. The van der Waals surface area contributed by atoms with Crippen molar-refractivity contribution < 1.29 is 23.5 Å². The van der Waals surface area contributed by atoms with Gasteiger partial charge in [-0.05, 0) is 61.2 Å². The van der Waals surface area contributed by atoms with Crippen molar-refractivity contribution in [2.75, 3.05) is 6.61 Å². The molecule has 2 atom stereocenters. The zero-order valence-corrected chi connectivity index (χ0v) is 24.9. The van der Waals surface area contributed by atoms with Crippen LogP contribution in [0.25, 0.3) is 22.3 Å². The molecule has 6 nitrogen and oxygen atoms in total. The number of hydrogen-bond acceptors (Lipinski definition) is 4. The second-order valence-electron chi connectivity index (χ2n) is 11.8. The van der Waals surface area contributed by atoms with Crippen molar-refractivity contribution in [2.45, 2.75) is 52.7 Å². The Morgan fingerprint density at radius 3 is 2.20 bits per heavy atom. The molecule has 1 aromatic heterocycles. The molecule has 1 heterocycles. The van der Waals surface area contributed by atoms with Crippen LogP contribution in [0.15, 0.2) is 89.3 Å². The van der Waals surface area contributed by atoms with Crippen LogP contribution in [0.2, 0.25) is 13.1 Å². The molecule has 7 heteroatoms. The van der Waals surface area contributed by atoms with Gasteiger partial charge < -0.3 is 19.3 Å². The zero-order valence-electron chi connectivity index (χ0n) is 23.9. The first-order chi connectivity index (χ1) is 19.0. The average molecular weight is 557 g/mol. The minimum Gasteiger partial charge on any atom is -0.481 e. The van der Waals surface area contributed by atoms with E-state index in [2.05, 4.69) is 5.32 Å². The fourth-order valence-electron chi connectivity index (χ4n) is 4.79. The van der Waals surface area contributed by atoms with Crippen molar-refractivity contribution >= 4 is 31.9 Å². The van der Waals surface area contributed by atoms with Crippen molar-refractivity contribution in [1.29, 1.82) is 0 Å². The van der Waals surface area contributed by atoms with E-state index in [1.54, 1.807) is 12.1 Å². The highest BCUT2D eigenvalue weighted by Gasteiger charge is 2.44. The van der Waals surface area contributed by atoms with Gasteiger partial charge in [-0.1, -0.05) is 81.4 Å². The first-order valence-corrected chi connectivity index (χ1v) is 16.0. The van der Waals surface area contributed by atoms with E-state index in [4.69, 9.17) is 8.84 Å². The van der Waals surface area contributed by atoms with E-state index in [1.165, 1.54) is 0 Å². The number of carboxylic acids is 1. The van der Waals surface area contributed by atoms with Gasteiger partial charge in [-0.25, -0.2) is 0 Å². The third-order valence-corrected chi connectivity index (χ3v) is 8.00. The summed E-state index contributed by atoms with van der Waals surface area (Å²) in [4.78, 5) is 26.4. The van der Waals surface area contributed by atoms with Crippen LogP contribution in [0, 0.1) is 10.8 Å². The Morgan fingerprint density at radius 2 is 1.60 bits per heavy atom. The van der Waals surface area contributed by atoms with Gasteiger partial charge in [-0.15, -0.1) is 0 Å². The highest BCUT2D eigenvalue weighted by atomic mass is 28.3. The Balaban J connectivity index is 1.57. The number of carbonyl (C=O) groups is 2. The van der Waals surface area contributed by atoms with Gasteiger partial charge in [0.05, 0.1) is 12.0 Å². The van der Waals surface area contributed by atoms with Crippen LogP contribution in [0.3, 0.4) is 0 Å². The van der Waals surface area contributed by atoms with Gasteiger partial charge in [0.2, 0.25) is 9.04 Å². The smallest absolute Gasteiger partial charge is 0.312 e. The van der Waals surface area contributed by atoms with E-state index in [1.807, 2.05) is 107 Å². The molecule has 4 rings (SSSR count). The predicted octanol–water partition coefficient (Wildman–Crippen LogP) is 7.22. The molecule has 40 heavy (non-hydrogen) atoms. The lowest BCUT2D eigenvalue weighted by molar-refractivity contribution is -0.152. The van der Waals surface area contributed by atoms with Crippen LogP contribution in [0.4, 0.5) is 0 Å². The fourth-order valence-corrected chi connectivity index (χ4v) is 5.36. The number of aliphatic carboxylic acids is 1. The van der Waals surface area contributed by atoms with E-state index in [0.717, 1.165) is 27.9 Å². The predicted molar refractivity (Wildman–Crippen MR) is 161 cm³/mol. The van der Waals surface area contributed by atoms with E-state index in [9.17, 15) is 14.7 Å². The molecule has 0 saturated carbocycles. The minimum absolute atomic E-state index is 0.0904. The normalized spacial score (nSPS) is 14.2.